The zero-order valence-corrected chi connectivity index (χ0v) is 12.1. The predicted octanol–water partition coefficient (Wildman–Crippen LogP) is -1.12. The van der Waals surface area contributed by atoms with Gasteiger partial charge in [0.15, 0.2) is 0 Å². The monoisotopic (exact) mass is 345 g/mol. The molecule has 1 aliphatic rings. The summed E-state index contributed by atoms with van der Waals surface area (Å²) < 4.78 is 64.5. The molecule has 0 unspecified atom stereocenters. The molecule has 1 aromatic carbocycles. The summed E-state index contributed by atoms with van der Waals surface area (Å²) in [5.74, 6) is -1.17. The lowest BCUT2D eigenvalue weighted by Crippen LogP contribution is -2.27. The molecule has 0 spiro atoms. The van der Waals surface area contributed by atoms with Gasteiger partial charge in [0.05, 0.1) is 16.3 Å². The van der Waals surface area contributed by atoms with Gasteiger partial charge in [-0.15, -0.1) is 0 Å². The number of hydrogen-bond donors (Lipinski definition) is 4. The zero-order valence-electron chi connectivity index (χ0n) is 10.4. The molecule has 118 valence electrons. The third kappa shape index (κ3) is 2.37. The van der Waals surface area contributed by atoms with Crippen molar-refractivity contribution in [2.45, 2.75) is 4.90 Å². The molecule has 0 heterocycles. The summed E-state index contributed by atoms with van der Waals surface area (Å²) >= 11 is 0. The molecule has 0 radical (unpaired) electrons. The Balaban J connectivity index is 2.96. The number of nitrogen functional groups attached to an aromatic ring is 1. The molecule has 0 amide bonds. The Morgan fingerprint density at radius 2 is 1.68 bits per heavy atom. The molecule has 12 heteroatoms. The average Bonchev–Trinajstić information content (AvgIpc) is 2.34. The summed E-state index contributed by atoms with van der Waals surface area (Å²) in [4.78, 5) is -2.06. The van der Waals surface area contributed by atoms with Crippen molar-refractivity contribution in [1.29, 1.82) is 10.8 Å². The van der Waals surface area contributed by atoms with Crippen LogP contribution in [0, 0.1) is 10.8 Å². The second kappa shape index (κ2) is 4.61. The minimum Gasteiger partial charge on any atom is -0.871 e. The van der Waals surface area contributed by atoms with Crippen molar-refractivity contribution in [3.63, 3.8) is 0 Å². The molecule has 1 aromatic rings. The Kier molecular flexibility index (Phi) is 3.37. The first-order valence-electron chi connectivity index (χ1n) is 5.32. The van der Waals surface area contributed by atoms with Crippen molar-refractivity contribution in [2.24, 2.45) is 0 Å². The summed E-state index contributed by atoms with van der Waals surface area (Å²) in [6, 6.07) is 0.660. The Morgan fingerprint density at radius 3 is 2.14 bits per heavy atom. The topological polar surface area (TPSA) is 208 Å². The van der Waals surface area contributed by atoms with E-state index in [2.05, 4.69) is 0 Å². The largest absolute Gasteiger partial charge is 0.871 e. The molecule has 5 N–H and O–H groups in total. The maximum Gasteiger partial charge on any atom is 0.296 e. The fraction of sp³-hybridized carbons (Fsp3) is 0. The highest BCUT2D eigenvalue weighted by atomic mass is 32.2. The lowest BCUT2D eigenvalue weighted by atomic mass is 9.92. The third-order valence-electron chi connectivity index (χ3n) is 2.89. The second-order valence-electron chi connectivity index (χ2n) is 4.27. The molecule has 1 aliphatic carbocycles. The fourth-order valence-corrected chi connectivity index (χ4v) is 3.18. The quantitative estimate of drug-likeness (QED) is 0.380. The van der Waals surface area contributed by atoms with Crippen molar-refractivity contribution in [2.75, 3.05) is 5.73 Å². The maximum atomic E-state index is 12.0. The van der Waals surface area contributed by atoms with Crippen LogP contribution in [-0.2, 0) is 20.2 Å². The van der Waals surface area contributed by atoms with E-state index < -0.39 is 64.0 Å². The minimum absolute atomic E-state index is 0.415. The lowest BCUT2D eigenvalue weighted by molar-refractivity contribution is -0.267. The number of allylic oxidation sites excluding steroid dienone is 1. The van der Waals surface area contributed by atoms with E-state index >= 15 is 0 Å². The number of nitrogens with two attached hydrogens (primary N) is 1. The Labute approximate surface area is 124 Å². The maximum absolute atomic E-state index is 12.0. The van der Waals surface area contributed by atoms with E-state index in [1.54, 1.807) is 0 Å². The normalized spacial score (nSPS) is 15.5. The molecule has 0 fully saturated rings. The van der Waals surface area contributed by atoms with Gasteiger partial charge in [0.25, 0.3) is 10.1 Å². The van der Waals surface area contributed by atoms with Crippen LogP contribution >= 0.6 is 0 Å². The summed E-state index contributed by atoms with van der Waals surface area (Å²) in [6.07, 6.45) is 0.591. The van der Waals surface area contributed by atoms with Crippen LogP contribution in [0.3, 0.4) is 0 Å². The van der Waals surface area contributed by atoms with Gasteiger partial charge < -0.3 is 15.4 Å². The van der Waals surface area contributed by atoms with Crippen LogP contribution in [0.25, 0.3) is 6.08 Å². The zero-order chi connectivity index (χ0) is 17.0. The Morgan fingerprint density at radius 1 is 1.14 bits per heavy atom. The molecule has 0 aliphatic heterocycles. The first-order valence-corrected chi connectivity index (χ1v) is 8.17. The molecular formula is C10H7N3O7S2-2. The van der Waals surface area contributed by atoms with Gasteiger partial charge in [0, 0.05) is 11.3 Å². The highest BCUT2D eigenvalue weighted by Crippen LogP contribution is 2.37. The van der Waals surface area contributed by atoms with Crippen LogP contribution < -0.4 is 10.8 Å². The smallest absolute Gasteiger partial charge is 0.296 e. The van der Waals surface area contributed by atoms with Gasteiger partial charge in [-0.3, -0.25) is 15.4 Å². The van der Waals surface area contributed by atoms with E-state index in [0.717, 1.165) is 0 Å². The summed E-state index contributed by atoms with van der Waals surface area (Å²) in [6.45, 7) is 0. The van der Waals surface area contributed by atoms with Gasteiger partial charge >= 0.3 is 0 Å². The van der Waals surface area contributed by atoms with Gasteiger partial charge in [0.2, 0.25) is 0 Å². The first-order chi connectivity index (χ1) is 9.85. The minimum atomic E-state index is -5.12. The van der Waals surface area contributed by atoms with E-state index in [9.17, 15) is 26.5 Å². The number of anilines is 1. The predicted molar refractivity (Wildman–Crippen MR) is 72.3 cm³/mol. The molecule has 22 heavy (non-hydrogen) atoms. The standard InChI is InChI=1S/C10H9N3O7S2/c11-7-4(21(15,16)17)1-3-2-5(22(18,19)20)8(12)10(14)6(3)9(7)13/h1-2,11,13-14H,12H2,(H,15,16,17)(H,18,19,20)/p-2. The van der Waals surface area contributed by atoms with E-state index in [-0.39, 0.29) is 0 Å². The SMILES string of the molecule is N=C1C(=N)c2c(cc(S(=O)(=O)O)c(N)c2[O-])C=C1S(=O)(=O)[O-]. The van der Waals surface area contributed by atoms with Crippen molar-refractivity contribution in [3.8, 4) is 5.75 Å². The van der Waals surface area contributed by atoms with Crippen molar-refractivity contribution in [3.05, 3.63) is 22.1 Å². The van der Waals surface area contributed by atoms with Gasteiger partial charge in [-0.25, -0.2) is 8.42 Å². The average molecular weight is 345 g/mol. The first kappa shape index (κ1) is 16.1. The van der Waals surface area contributed by atoms with Crippen LogP contribution in [0.1, 0.15) is 11.1 Å². The van der Waals surface area contributed by atoms with Crippen LogP contribution in [0.4, 0.5) is 5.69 Å². The summed E-state index contributed by atoms with van der Waals surface area (Å²) in [7, 11) is -10.0. The third-order valence-corrected chi connectivity index (χ3v) is 4.65. The number of fused-ring (bicyclic) bond motifs is 1. The van der Waals surface area contributed by atoms with Crippen LogP contribution in [0.5, 0.6) is 5.75 Å². The van der Waals surface area contributed by atoms with Crippen LogP contribution in [0.2, 0.25) is 0 Å². The molecule has 2 rings (SSSR count). The Bertz CT molecular complexity index is 974. The molecule has 0 atom stereocenters. The van der Waals surface area contributed by atoms with E-state index in [1.807, 2.05) is 0 Å². The second-order valence-corrected chi connectivity index (χ2v) is 7.01. The van der Waals surface area contributed by atoms with Gasteiger partial charge in [0.1, 0.15) is 15.0 Å². The molecular weight excluding hydrogens is 338 g/mol. The Hall–Kier alpha value is -2.28. The van der Waals surface area contributed by atoms with E-state index in [1.165, 1.54) is 0 Å². The van der Waals surface area contributed by atoms with Crippen molar-refractivity contribution in [1.82, 2.24) is 0 Å². The van der Waals surface area contributed by atoms with Gasteiger partial charge in [-0.1, -0.05) is 5.75 Å². The van der Waals surface area contributed by atoms with Gasteiger partial charge in [-0.05, 0) is 17.7 Å². The highest BCUT2D eigenvalue weighted by molar-refractivity contribution is 7.91. The van der Waals surface area contributed by atoms with Gasteiger partial charge in [-0.2, -0.15) is 8.42 Å². The molecule has 0 bridgehead atoms. The van der Waals surface area contributed by atoms with Crippen LogP contribution in [0.15, 0.2) is 15.9 Å². The number of hydrogen-bond acceptors (Lipinski definition) is 9. The van der Waals surface area contributed by atoms with E-state index in [4.69, 9.17) is 21.1 Å². The molecule has 0 saturated carbocycles. The summed E-state index contributed by atoms with van der Waals surface area (Å²) in [5, 5.41) is 27.1. The molecule has 10 nitrogen and oxygen atoms in total. The molecule has 0 aromatic heterocycles. The lowest BCUT2D eigenvalue weighted by Gasteiger charge is -2.26. The number of nitrogens with one attached hydrogen (secondary N) is 2. The van der Waals surface area contributed by atoms with Crippen molar-refractivity contribution < 1.29 is 31.0 Å². The number of benzene rings is 1. The van der Waals surface area contributed by atoms with Crippen molar-refractivity contribution >= 4 is 43.4 Å². The highest BCUT2D eigenvalue weighted by Gasteiger charge is 2.28. The number of rotatable bonds is 2. The fourth-order valence-electron chi connectivity index (χ4n) is 1.91. The van der Waals surface area contributed by atoms with E-state index in [0.29, 0.717) is 12.1 Å². The molecule has 0 saturated heterocycles. The van der Waals surface area contributed by atoms with Crippen LogP contribution in [-0.4, -0.2) is 37.4 Å². The summed E-state index contributed by atoms with van der Waals surface area (Å²) in [5.41, 5.74) is 1.60.